The van der Waals surface area contributed by atoms with Crippen molar-refractivity contribution < 1.29 is 9.59 Å². The third-order valence-corrected chi connectivity index (χ3v) is 4.75. The molecule has 2 amide bonds. The number of hydrogen-bond acceptors (Lipinski definition) is 3. The number of rotatable bonds is 8. The van der Waals surface area contributed by atoms with Gasteiger partial charge in [0.05, 0.1) is 11.1 Å². The lowest BCUT2D eigenvalue weighted by atomic mass is 10.1. The maximum Gasteiger partial charge on any atom is 0.261 e. The number of fused-ring (bicyclic) bond motifs is 1. The molecule has 2 N–H and O–H groups in total. The molecular weight excluding hydrogens is 479 g/mol. The van der Waals surface area contributed by atoms with Crippen molar-refractivity contribution in [3.05, 3.63) is 71.3 Å². The van der Waals surface area contributed by atoms with Crippen LogP contribution in [0.5, 0.6) is 0 Å². The van der Waals surface area contributed by atoms with E-state index in [1.54, 1.807) is 31.3 Å². The molecule has 0 spiro atoms. The predicted octanol–water partition coefficient (Wildman–Crippen LogP) is 3.09. The zero-order chi connectivity index (χ0) is 19.8. The van der Waals surface area contributed by atoms with Crippen molar-refractivity contribution in [2.24, 2.45) is 4.99 Å². The molecule has 1 aliphatic heterocycles. The number of nitrogens with one attached hydrogen (secondary N) is 2. The summed E-state index contributed by atoms with van der Waals surface area (Å²) in [6, 6.07) is 17.3. The Bertz CT molecular complexity index is 820. The molecule has 2 aromatic rings. The molecule has 0 fully saturated rings. The van der Waals surface area contributed by atoms with Gasteiger partial charge in [0.25, 0.3) is 11.8 Å². The Balaban J connectivity index is 0.00000300. The van der Waals surface area contributed by atoms with Gasteiger partial charge in [0.1, 0.15) is 0 Å². The van der Waals surface area contributed by atoms with E-state index in [4.69, 9.17) is 0 Å². The molecule has 1 heterocycles. The minimum absolute atomic E-state index is 0. The van der Waals surface area contributed by atoms with Crippen LogP contribution in [0, 0.1) is 0 Å². The predicted molar refractivity (Wildman–Crippen MR) is 126 cm³/mol. The van der Waals surface area contributed by atoms with E-state index >= 15 is 0 Å². The number of hydrogen-bond donors (Lipinski definition) is 2. The highest BCUT2D eigenvalue weighted by Gasteiger charge is 2.34. The van der Waals surface area contributed by atoms with Crippen molar-refractivity contribution in [3.63, 3.8) is 0 Å². The average Bonchev–Trinajstić information content (AvgIpc) is 2.98. The number of amides is 2. The highest BCUT2D eigenvalue weighted by atomic mass is 127. The molecule has 3 rings (SSSR count). The Morgan fingerprint density at radius 3 is 2.07 bits per heavy atom. The van der Waals surface area contributed by atoms with Crippen molar-refractivity contribution in [1.82, 2.24) is 15.5 Å². The van der Waals surface area contributed by atoms with Gasteiger partial charge in [0.15, 0.2) is 5.96 Å². The Labute approximate surface area is 188 Å². The summed E-state index contributed by atoms with van der Waals surface area (Å²) in [6.45, 7) is 1.97. The van der Waals surface area contributed by atoms with E-state index in [2.05, 4.69) is 27.8 Å². The summed E-state index contributed by atoms with van der Waals surface area (Å²) in [4.78, 5) is 30.2. The molecule has 0 aromatic heterocycles. The number of unbranched alkanes of at least 4 members (excludes halogenated alkanes) is 1. The van der Waals surface area contributed by atoms with Crippen LogP contribution in [0.1, 0.15) is 39.1 Å². The molecule has 0 bridgehead atoms. The highest BCUT2D eigenvalue weighted by Crippen LogP contribution is 2.22. The molecule has 0 unspecified atom stereocenters. The normalized spacial score (nSPS) is 13.1. The van der Waals surface area contributed by atoms with Crippen molar-refractivity contribution >= 4 is 41.8 Å². The Morgan fingerprint density at radius 1 is 0.862 bits per heavy atom. The number of imide groups is 1. The molecule has 29 heavy (non-hydrogen) atoms. The topological polar surface area (TPSA) is 73.8 Å². The molecule has 0 aliphatic carbocycles. The van der Waals surface area contributed by atoms with Crippen LogP contribution in [-0.4, -0.2) is 49.4 Å². The lowest BCUT2D eigenvalue weighted by Crippen LogP contribution is -2.39. The van der Waals surface area contributed by atoms with Crippen molar-refractivity contribution in [3.8, 4) is 0 Å². The molecule has 154 valence electrons. The number of aliphatic imine (C=N–C) groups is 1. The van der Waals surface area contributed by atoms with Gasteiger partial charge in [-0.1, -0.05) is 42.5 Å². The van der Waals surface area contributed by atoms with Crippen LogP contribution in [0.15, 0.2) is 59.6 Å². The van der Waals surface area contributed by atoms with E-state index in [1.165, 1.54) is 10.5 Å². The third-order valence-electron chi connectivity index (χ3n) is 4.75. The Kier molecular flexibility index (Phi) is 9.11. The highest BCUT2D eigenvalue weighted by molar-refractivity contribution is 14.0. The average molecular weight is 506 g/mol. The van der Waals surface area contributed by atoms with Gasteiger partial charge in [0.2, 0.25) is 0 Å². The number of guanidine groups is 1. The second-order valence-electron chi connectivity index (χ2n) is 6.68. The third kappa shape index (κ3) is 6.03. The molecule has 1 aliphatic rings. The molecule has 0 saturated carbocycles. The zero-order valence-electron chi connectivity index (χ0n) is 16.6. The van der Waals surface area contributed by atoms with E-state index in [0.717, 1.165) is 38.3 Å². The Morgan fingerprint density at radius 2 is 1.45 bits per heavy atom. The number of carbonyl (C=O) groups is 2. The van der Waals surface area contributed by atoms with Gasteiger partial charge in [-0.25, -0.2) is 0 Å². The summed E-state index contributed by atoms with van der Waals surface area (Å²) in [5, 5.41) is 6.57. The fourth-order valence-electron chi connectivity index (χ4n) is 3.23. The summed E-state index contributed by atoms with van der Waals surface area (Å²) >= 11 is 0. The van der Waals surface area contributed by atoms with Gasteiger partial charge in [-0.15, -0.1) is 24.0 Å². The van der Waals surface area contributed by atoms with Gasteiger partial charge < -0.3 is 10.6 Å². The number of nitrogens with zero attached hydrogens (tertiary/aromatic N) is 2. The maximum absolute atomic E-state index is 12.3. The van der Waals surface area contributed by atoms with Crippen molar-refractivity contribution in [2.75, 3.05) is 26.7 Å². The summed E-state index contributed by atoms with van der Waals surface area (Å²) < 4.78 is 0. The molecular formula is C22H27IN4O2. The van der Waals surface area contributed by atoms with Crippen LogP contribution in [0.25, 0.3) is 0 Å². The number of benzene rings is 2. The van der Waals surface area contributed by atoms with E-state index in [9.17, 15) is 9.59 Å². The lowest BCUT2D eigenvalue weighted by Gasteiger charge is -2.15. The minimum Gasteiger partial charge on any atom is -0.356 e. The molecule has 0 saturated heterocycles. The first-order chi connectivity index (χ1) is 13.7. The quantitative estimate of drug-likeness (QED) is 0.190. The monoisotopic (exact) mass is 506 g/mol. The van der Waals surface area contributed by atoms with E-state index in [1.807, 2.05) is 18.2 Å². The van der Waals surface area contributed by atoms with Gasteiger partial charge in [-0.2, -0.15) is 0 Å². The van der Waals surface area contributed by atoms with Crippen LogP contribution in [0.3, 0.4) is 0 Å². The first-order valence-electron chi connectivity index (χ1n) is 9.64. The largest absolute Gasteiger partial charge is 0.356 e. The van der Waals surface area contributed by atoms with Crippen LogP contribution >= 0.6 is 24.0 Å². The van der Waals surface area contributed by atoms with Gasteiger partial charge in [0, 0.05) is 26.7 Å². The SMILES string of the molecule is CN=C(NCCCCN1C(=O)c2ccccc2C1=O)NCCc1ccccc1.I. The molecule has 0 atom stereocenters. The van der Waals surface area contributed by atoms with Crippen LogP contribution in [0.2, 0.25) is 0 Å². The summed E-state index contributed by atoms with van der Waals surface area (Å²) in [5.74, 6) is 0.385. The van der Waals surface area contributed by atoms with E-state index < -0.39 is 0 Å². The summed E-state index contributed by atoms with van der Waals surface area (Å²) in [6.07, 6.45) is 2.52. The molecule has 2 aromatic carbocycles. The fraction of sp³-hybridized carbons (Fsp3) is 0.318. The first-order valence-corrected chi connectivity index (χ1v) is 9.64. The molecule has 7 heteroatoms. The van der Waals surface area contributed by atoms with Gasteiger partial charge in [-0.05, 0) is 37.0 Å². The molecule has 6 nitrogen and oxygen atoms in total. The van der Waals surface area contributed by atoms with Crippen LogP contribution in [0.4, 0.5) is 0 Å². The Hall–Kier alpha value is -2.42. The minimum atomic E-state index is -0.188. The zero-order valence-corrected chi connectivity index (χ0v) is 18.9. The smallest absolute Gasteiger partial charge is 0.261 e. The van der Waals surface area contributed by atoms with E-state index in [-0.39, 0.29) is 35.8 Å². The second kappa shape index (κ2) is 11.5. The first kappa shape index (κ1) is 22.9. The standard InChI is InChI=1S/C22H26N4O2.HI/c1-23-22(25-15-13-17-9-3-2-4-10-17)24-14-7-8-16-26-20(27)18-11-5-6-12-19(18)21(26)28;/h2-6,9-12H,7-8,13-16H2,1H3,(H2,23,24,25);1H. The maximum atomic E-state index is 12.3. The molecule has 0 radical (unpaired) electrons. The fourth-order valence-corrected chi connectivity index (χ4v) is 3.23. The van der Waals surface area contributed by atoms with Crippen LogP contribution < -0.4 is 10.6 Å². The number of halogens is 1. The van der Waals surface area contributed by atoms with E-state index in [0.29, 0.717) is 17.7 Å². The van der Waals surface area contributed by atoms with Gasteiger partial charge in [-0.3, -0.25) is 19.5 Å². The second-order valence-corrected chi connectivity index (χ2v) is 6.68. The summed E-state index contributed by atoms with van der Waals surface area (Å²) in [5.41, 5.74) is 2.30. The summed E-state index contributed by atoms with van der Waals surface area (Å²) in [7, 11) is 1.75. The van der Waals surface area contributed by atoms with Crippen molar-refractivity contribution in [1.29, 1.82) is 0 Å². The number of carbonyl (C=O) groups excluding carboxylic acids is 2. The van der Waals surface area contributed by atoms with Crippen LogP contribution in [-0.2, 0) is 6.42 Å². The van der Waals surface area contributed by atoms with Crippen molar-refractivity contribution in [2.45, 2.75) is 19.3 Å². The van der Waals surface area contributed by atoms with Gasteiger partial charge >= 0.3 is 0 Å². The lowest BCUT2D eigenvalue weighted by molar-refractivity contribution is 0.0652.